The molecule has 0 saturated carbocycles. The van der Waals surface area contributed by atoms with Crippen molar-refractivity contribution in [3.63, 3.8) is 0 Å². The molecule has 5 rings (SSSR count). The standard InChI is InChI=1S/C17H9BrN2OS/c18-10-5-6-13-12(7-10)16-15-14(19-13)11-4-2-1-3-9(11)8-20(15)17(21)22-16/h1-7H,8H2. The molecule has 0 spiro atoms. The van der Waals surface area contributed by atoms with E-state index in [9.17, 15) is 4.79 Å². The Bertz CT molecular complexity index is 1140. The minimum atomic E-state index is 0.0834. The Balaban J connectivity index is 2.07. The van der Waals surface area contributed by atoms with E-state index >= 15 is 0 Å². The lowest BCUT2D eigenvalue weighted by Crippen LogP contribution is -2.17. The van der Waals surface area contributed by atoms with Crippen molar-refractivity contribution in [3.8, 4) is 11.3 Å². The number of hydrogen-bond acceptors (Lipinski definition) is 3. The average Bonchev–Trinajstić information content (AvgIpc) is 2.86. The molecule has 1 aliphatic heterocycles. The Labute approximate surface area is 138 Å². The zero-order chi connectivity index (χ0) is 14.8. The molecule has 0 unspecified atom stereocenters. The van der Waals surface area contributed by atoms with Crippen LogP contribution in [0.5, 0.6) is 0 Å². The summed E-state index contributed by atoms with van der Waals surface area (Å²) in [4.78, 5) is 17.4. The molecule has 0 N–H and O–H groups in total. The Morgan fingerprint density at radius 3 is 2.95 bits per heavy atom. The van der Waals surface area contributed by atoms with Gasteiger partial charge in [0.25, 0.3) is 0 Å². The molecule has 0 radical (unpaired) electrons. The van der Waals surface area contributed by atoms with Gasteiger partial charge in [0.1, 0.15) is 0 Å². The smallest absolute Gasteiger partial charge is 0.292 e. The fourth-order valence-electron chi connectivity index (χ4n) is 3.17. The van der Waals surface area contributed by atoms with Crippen LogP contribution in [0.1, 0.15) is 5.56 Å². The Kier molecular flexibility index (Phi) is 2.44. The van der Waals surface area contributed by atoms with Crippen molar-refractivity contribution >= 4 is 48.4 Å². The first kappa shape index (κ1) is 12.6. The molecule has 3 heterocycles. The van der Waals surface area contributed by atoms with Gasteiger partial charge in [-0.15, -0.1) is 0 Å². The lowest BCUT2D eigenvalue weighted by atomic mass is 9.99. The van der Waals surface area contributed by atoms with Gasteiger partial charge in [-0.3, -0.25) is 9.36 Å². The normalized spacial score (nSPS) is 12.8. The van der Waals surface area contributed by atoms with Gasteiger partial charge in [-0.05, 0) is 23.8 Å². The summed E-state index contributed by atoms with van der Waals surface area (Å²) in [6.07, 6.45) is 0. The average molecular weight is 369 g/mol. The van der Waals surface area contributed by atoms with Crippen molar-refractivity contribution in [1.29, 1.82) is 0 Å². The van der Waals surface area contributed by atoms with Crippen molar-refractivity contribution in [2.45, 2.75) is 6.54 Å². The molecular weight excluding hydrogens is 360 g/mol. The predicted molar refractivity (Wildman–Crippen MR) is 93.6 cm³/mol. The zero-order valence-corrected chi connectivity index (χ0v) is 13.7. The van der Waals surface area contributed by atoms with Gasteiger partial charge in [0.15, 0.2) is 0 Å². The Morgan fingerprint density at radius 2 is 2.05 bits per heavy atom. The van der Waals surface area contributed by atoms with Crippen LogP contribution in [0.15, 0.2) is 51.7 Å². The summed E-state index contributed by atoms with van der Waals surface area (Å²) in [5.41, 5.74) is 5.11. The number of aromatic nitrogens is 2. The van der Waals surface area contributed by atoms with E-state index in [0.717, 1.165) is 42.4 Å². The van der Waals surface area contributed by atoms with Crippen molar-refractivity contribution in [3.05, 3.63) is 62.2 Å². The maximum Gasteiger partial charge on any atom is 0.308 e. The highest BCUT2D eigenvalue weighted by atomic mass is 79.9. The van der Waals surface area contributed by atoms with Crippen LogP contribution < -0.4 is 4.87 Å². The molecule has 22 heavy (non-hydrogen) atoms. The van der Waals surface area contributed by atoms with Crippen LogP contribution >= 0.6 is 27.3 Å². The number of halogens is 1. The van der Waals surface area contributed by atoms with Crippen LogP contribution in [0.3, 0.4) is 0 Å². The van der Waals surface area contributed by atoms with E-state index in [1.165, 1.54) is 11.3 Å². The van der Waals surface area contributed by atoms with Crippen LogP contribution in [-0.4, -0.2) is 9.55 Å². The van der Waals surface area contributed by atoms with Crippen LogP contribution in [0, 0.1) is 0 Å². The number of thiazole rings is 1. The highest BCUT2D eigenvalue weighted by molar-refractivity contribution is 9.10. The van der Waals surface area contributed by atoms with E-state index in [2.05, 4.69) is 28.1 Å². The highest BCUT2D eigenvalue weighted by Crippen LogP contribution is 2.39. The molecule has 0 fully saturated rings. The largest absolute Gasteiger partial charge is 0.308 e. The number of nitrogens with zero attached hydrogens (tertiary/aromatic N) is 2. The van der Waals surface area contributed by atoms with E-state index in [1.54, 1.807) is 0 Å². The molecule has 0 saturated heterocycles. The third-order valence-electron chi connectivity index (χ3n) is 4.16. The van der Waals surface area contributed by atoms with Gasteiger partial charge in [-0.2, -0.15) is 0 Å². The minimum absolute atomic E-state index is 0.0834. The van der Waals surface area contributed by atoms with Crippen molar-refractivity contribution in [2.75, 3.05) is 0 Å². The number of hydrogen-bond donors (Lipinski definition) is 0. The fraction of sp³-hybridized carbons (Fsp3) is 0.0588. The van der Waals surface area contributed by atoms with Gasteiger partial charge in [-0.25, -0.2) is 4.98 Å². The molecule has 5 heteroatoms. The second-order valence-electron chi connectivity index (χ2n) is 5.41. The quantitative estimate of drug-likeness (QED) is 0.406. The van der Waals surface area contributed by atoms with E-state index in [1.807, 2.05) is 34.9 Å². The minimum Gasteiger partial charge on any atom is -0.292 e. The number of benzene rings is 2. The molecular formula is C17H9BrN2OS. The SMILES string of the molecule is O=c1sc2c3cc(Br)ccc3nc3c2n1Cc1ccccc1-3. The summed E-state index contributed by atoms with van der Waals surface area (Å²) in [7, 11) is 0. The topological polar surface area (TPSA) is 34.9 Å². The van der Waals surface area contributed by atoms with Gasteiger partial charge < -0.3 is 0 Å². The monoisotopic (exact) mass is 368 g/mol. The molecule has 2 aromatic carbocycles. The van der Waals surface area contributed by atoms with Gasteiger partial charge in [0.05, 0.1) is 28.0 Å². The van der Waals surface area contributed by atoms with Gasteiger partial charge in [-0.1, -0.05) is 51.5 Å². The molecule has 0 atom stereocenters. The van der Waals surface area contributed by atoms with Crippen LogP contribution in [0.25, 0.3) is 32.4 Å². The molecule has 0 bridgehead atoms. The summed E-state index contributed by atoms with van der Waals surface area (Å²) >= 11 is 4.82. The van der Waals surface area contributed by atoms with Gasteiger partial charge in [0.2, 0.25) is 0 Å². The molecule has 0 aliphatic carbocycles. The highest BCUT2D eigenvalue weighted by Gasteiger charge is 2.23. The molecule has 3 nitrogen and oxygen atoms in total. The number of fused-ring (bicyclic) bond motifs is 4. The first-order valence-electron chi connectivity index (χ1n) is 6.93. The first-order chi connectivity index (χ1) is 10.7. The first-order valence-corrected chi connectivity index (χ1v) is 8.54. The van der Waals surface area contributed by atoms with Crippen LogP contribution in [0.2, 0.25) is 0 Å². The van der Waals surface area contributed by atoms with Gasteiger partial charge >= 0.3 is 4.87 Å². The zero-order valence-electron chi connectivity index (χ0n) is 11.3. The number of rotatable bonds is 0. The van der Waals surface area contributed by atoms with Crippen molar-refractivity contribution < 1.29 is 0 Å². The summed E-state index contributed by atoms with van der Waals surface area (Å²) in [6, 6.07) is 14.2. The molecule has 1 aliphatic rings. The lowest BCUT2D eigenvalue weighted by molar-refractivity contribution is 0.806. The summed E-state index contributed by atoms with van der Waals surface area (Å²) in [5.74, 6) is 0. The third-order valence-corrected chi connectivity index (χ3v) is 5.66. The summed E-state index contributed by atoms with van der Waals surface area (Å²) < 4.78 is 3.88. The molecule has 2 aromatic heterocycles. The fourth-order valence-corrected chi connectivity index (χ4v) is 4.55. The second kappa shape index (κ2) is 4.27. The van der Waals surface area contributed by atoms with E-state index in [0.29, 0.717) is 6.54 Å². The summed E-state index contributed by atoms with van der Waals surface area (Å²) in [6.45, 7) is 0.628. The van der Waals surface area contributed by atoms with E-state index < -0.39 is 0 Å². The van der Waals surface area contributed by atoms with E-state index in [-0.39, 0.29) is 4.87 Å². The molecule has 4 aromatic rings. The molecule has 106 valence electrons. The van der Waals surface area contributed by atoms with Crippen molar-refractivity contribution in [1.82, 2.24) is 9.55 Å². The lowest BCUT2D eigenvalue weighted by Gasteiger charge is -2.18. The maximum atomic E-state index is 12.4. The van der Waals surface area contributed by atoms with Crippen LogP contribution in [-0.2, 0) is 6.54 Å². The van der Waals surface area contributed by atoms with Crippen molar-refractivity contribution in [2.24, 2.45) is 0 Å². The van der Waals surface area contributed by atoms with E-state index in [4.69, 9.17) is 4.98 Å². The third kappa shape index (κ3) is 1.55. The molecule has 0 amide bonds. The summed E-state index contributed by atoms with van der Waals surface area (Å²) in [5, 5.41) is 1.04. The second-order valence-corrected chi connectivity index (χ2v) is 7.29. The Morgan fingerprint density at radius 1 is 1.18 bits per heavy atom. The Hall–Kier alpha value is -1.98. The van der Waals surface area contributed by atoms with Crippen LogP contribution in [0.4, 0.5) is 0 Å². The maximum absolute atomic E-state index is 12.4. The predicted octanol–water partition coefficient (Wildman–Crippen LogP) is 4.40. The van der Waals surface area contributed by atoms with Gasteiger partial charge in [0, 0.05) is 15.4 Å². The number of pyridine rings is 1.